The molecule has 0 atom stereocenters. The highest BCUT2D eigenvalue weighted by Crippen LogP contribution is 2.30. The van der Waals surface area contributed by atoms with Gasteiger partial charge in [0.15, 0.2) is 16.7 Å². The van der Waals surface area contributed by atoms with Crippen LogP contribution in [0.5, 0.6) is 11.5 Å². The lowest BCUT2D eigenvalue weighted by Crippen LogP contribution is -2.30. The van der Waals surface area contributed by atoms with Crippen LogP contribution in [0.1, 0.15) is 17.0 Å². The van der Waals surface area contributed by atoms with Crippen LogP contribution in [0.15, 0.2) is 71.9 Å². The van der Waals surface area contributed by atoms with Crippen LogP contribution in [0.3, 0.4) is 0 Å². The summed E-state index contributed by atoms with van der Waals surface area (Å²) < 4.78 is 12.6. The third kappa shape index (κ3) is 6.81. The van der Waals surface area contributed by atoms with Gasteiger partial charge in [-0.15, -0.1) is 10.2 Å². The summed E-state index contributed by atoms with van der Waals surface area (Å²) in [6.07, 6.45) is 1.27. The van der Waals surface area contributed by atoms with E-state index in [0.29, 0.717) is 46.1 Å². The zero-order valence-electron chi connectivity index (χ0n) is 21.4. The summed E-state index contributed by atoms with van der Waals surface area (Å²) >= 11 is 13.8. The Balaban J connectivity index is 1.46. The van der Waals surface area contributed by atoms with Gasteiger partial charge in [0.1, 0.15) is 5.82 Å². The molecule has 38 heavy (non-hydrogen) atoms. The van der Waals surface area contributed by atoms with E-state index in [0.717, 1.165) is 22.6 Å². The molecule has 0 aliphatic carbocycles. The molecule has 0 aliphatic heterocycles. The zero-order chi connectivity index (χ0) is 27.1. The Morgan fingerprint density at radius 1 is 0.921 bits per heavy atom. The molecular formula is C28H28Cl2N4O3S. The molecule has 1 aromatic heterocycles. The molecule has 7 nitrogen and oxygen atoms in total. The van der Waals surface area contributed by atoms with Crippen LogP contribution in [0.25, 0.3) is 5.69 Å². The molecule has 4 rings (SSSR count). The Morgan fingerprint density at radius 3 is 2.39 bits per heavy atom. The maximum absolute atomic E-state index is 13.0. The van der Waals surface area contributed by atoms with Gasteiger partial charge in [-0.1, -0.05) is 71.4 Å². The summed E-state index contributed by atoms with van der Waals surface area (Å²) in [7, 11) is 5.01. The van der Waals surface area contributed by atoms with E-state index < -0.39 is 0 Å². The third-order valence-electron chi connectivity index (χ3n) is 6.00. The fourth-order valence-electron chi connectivity index (χ4n) is 3.86. The number of likely N-dealkylation sites (N-methyl/N-ethyl adjacent to an activating group) is 1. The van der Waals surface area contributed by atoms with Gasteiger partial charge in [-0.25, -0.2) is 0 Å². The first-order valence-corrected chi connectivity index (χ1v) is 13.6. The number of halogens is 2. The Labute approximate surface area is 236 Å². The second-order valence-corrected chi connectivity index (χ2v) is 10.3. The summed E-state index contributed by atoms with van der Waals surface area (Å²) in [6, 6.07) is 21.2. The van der Waals surface area contributed by atoms with Crippen LogP contribution in [0.2, 0.25) is 10.0 Å². The Morgan fingerprint density at radius 2 is 1.68 bits per heavy atom. The van der Waals surface area contributed by atoms with E-state index >= 15 is 0 Å². The minimum absolute atomic E-state index is 0.0104. The third-order valence-corrected chi connectivity index (χ3v) is 7.65. The number of aromatic nitrogens is 3. The second-order valence-electron chi connectivity index (χ2n) is 8.54. The fraction of sp³-hybridized carbons (Fsp3) is 0.250. The number of hydrogen-bond donors (Lipinski definition) is 0. The number of hydrogen-bond acceptors (Lipinski definition) is 6. The summed E-state index contributed by atoms with van der Waals surface area (Å²) in [4.78, 5) is 14.7. The molecule has 4 aromatic rings. The van der Waals surface area contributed by atoms with Crippen LogP contribution < -0.4 is 9.47 Å². The van der Waals surface area contributed by atoms with Gasteiger partial charge in [0.25, 0.3) is 0 Å². The number of methoxy groups -OCH3 is 2. The minimum atomic E-state index is -0.0104. The first-order valence-electron chi connectivity index (χ1n) is 11.9. The topological polar surface area (TPSA) is 69.5 Å². The maximum atomic E-state index is 13.0. The van der Waals surface area contributed by atoms with E-state index in [1.807, 2.05) is 59.2 Å². The molecule has 3 aromatic carbocycles. The molecule has 0 N–H and O–H groups in total. The van der Waals surface area contributed by atoms with Crippen molar-refractivity contribution in [3.63, 3.8) is 0 Å². The van der Waals surface area contributed by atoms with Crippen molar-refractivity contribution in [1.82, 2.24) is 19.7 Å². The molecule has 1 heterocycles. The lowest BCUT2D eigenvalue weighted by Gasteiger charge is -2.18. The number of ether oxygens (including phenoxy) is 2. The van der Waals surface area contributed by atoms with E-state index in [1.54, 1.807) is 38.3 Å². The molecule has 0 aliphatic rings. The van der Waals surface area contributed by atoms with Crippen LogP contribution in [0, 0.1) is 0 Å². The highest BCUT2D eigenvalue weighted by molar-refractivity contribution is 7.99. The molecule has 0 saturated carbocycles. The standard InChI is InChI=1S/C28H28Cl2N4O3S/c1-33(14-13-20-9-12-24(36-2)25(15-20)37-3)27(35)18-38-28-32-31-26(16-19-7-5-4-6-8-19)34(28)21-10-11-22(29)23(30)17-21/h4-12,15,17H,13-14,16,18H2,1-3H3. The SMILES string of the molecule is COc1ccc(CCN(C)C(=O)CSc2nnc(Cc3ccccc3)n2-c2ccc(Cl)c(Cl)c2)cc1OC. The highest BCUT2D eigenvalue weighted by atomic mass is 35.5. The van der Waals surface area contributed by atoms with Crippen molar-refractivity contribution in [3.8, 4) is 17.2 Å². The van der Waals surface area contributed by atoms with E-state index in [9.17, 15) is 4.79 Å². The van der Waals surface area contributed by atoms with Gasteiger partial charge in [0.05, 0.1) is 35.7 Å². The van der Waals surface area contributed by atoms with Crippen LogP contribution >= 0.6 is 35.0 Å². The lowest BCUT2D eigenvalue weighted by molar-refractivity contribution is -0.127. The zero-order valence-corrected chi connectivity index (χ0v) is 23.7. The monoisotopic (exact) mass is 570 g/mol. The summed E-state index contributed by atoms with van der Waals surface area (Å²) in [6.45, 7) is 0.563. The summed E-state index contributed by atoms with van der Waals surface area (Å²) in [5.74, 6) is 2.29. The molecule has 0 saturated heterocycles. The molecule has 0 bridgehead atoms. The molecule has 10 heteroatoms. The Kier molecular flexibility index (Phi) is 9.55. The molecule has 0 radical (unpaired) electrons. The first kappa shape index (κ1) is 27.8. The number of carbonyl (C=O) groups is 1. The second kappa shape index (κ2) is 13.0. The first-order chi connectivity index (χ1) is 18.4. The van der Waals surface area contributed by atoms with E-state index in [4.69, 9.17) is 32.7 Å². The van der Waals surface area contributed by atoms with Crippen LogP contribution in [-0.4, -0.2) is 59.1 Å². The van der Waals surface area contributed by atoms with Gasteiger partial charge in [-0.05, 0) is 47.9 Å². The highest BCUT2D eigenvalue weighted by Gasteiger charge is 2.18. The predicted octanol–water partition coefficient (Wildman–Crippen LogP) is 5.98. The van der Waals surface area contributed by atoms with E-state index in [1.165, 1.54) is 11.8 Å². The van der Waals surface area contributed by atoms with Crippen LogP contribution in [-0.2, 0) is 17.6 Å². The van der Waals surface area contributed by atoms with Crippen molar-refractivity contribution in [3.05, 3.63) is 93.7 Å². The van der Waals surface area contributed by atoms with Crippen LogP contribution in [0.4, 0.5) is 0 Å². The number of amides is 1. The number of thioether (sulfide) groups is 1. The summed E-state index contributed by atoms with van der Waals surface area (Å²) in [5.41, 5.74) is 2.94. The molecule has 198 valence electrons. The van der Waals surface area contributed by atoms with Gasteiger partial charge in [0.2, 0.25) is 5.91 Å². The quantitative estimate of drug-likeness (QED) is 0.207. The van der Waals surface area contributed by atoms with Crippen molar-refractivity contribution in [2.75, 3.05) is 33.6 Å². The normalized spacial score (nSPS) is 10.9. The number of carbonyl (C=O) groups excluding carboxylic acids is 1. The van der Waals surface area contributed by atoms with E-state index in [2.05, 4.69) is 10.2 Å². The average molecular weight is 572 g/mol. The van der Waals surface area contributed by atoms with Gasteiger partial charge >= 0.3 is 0 Å². The van der Waals surface area contributed by atoms with Gasteiger partial charge in [0, 0.05) is 20.0 Å². The van der Waals surface area contributed by atoms with Gasteiger partial charge in [-0.2, -0.15) is 0 Å². The largest absolute Gasteiger partial charge is 0.493 e. The summed E-state index contributed by atoms with van der Waals surface area (Å²) in [5, 5.41) is 10.4. The van der Waals surface area contributed by atoms with E-state index in [-0.39, 0.29) is 11.7 Å². The molecular weight excluding hydrogens is 543 g/mol. The molecule has 0 unspecified atom stereocenters. The van der Waals surface area contributed by atoms with Crippen molar-refractivity contribution in [1.29, 1.82) is 0 Å². The average Bonchev–Trinajstić information content (AvgIpc) is 3.34. The van der Waals surface area contributed by atoms with Gasteiger partial charge < -0.3 is 14.4 Å². The van der Waals surface area contributed by atoms with Crippen molar-refractivity contribution >= 4 is 40.9 Å². The number of rotatable bonds is 11. The predicted molar refractivity (Wildman–Crippen MR) is 152 cm³/mol. The van der Waals surface area contributed by atoms with Crippen molar-refractivity contribution < 1.29 is 14.3 Å². The molecule has 1 amide bonds. The Hall–Kier alpha value is -3.20. The van der Waals surface area contributed by atoms with Gasteiger partial charge in [-0.3, -0.25) is 9.36 Å². The lowest BCUT2D eigenvalue weighted by atomic mass is 10.1. The smallest absolute Gasteiger partial charge is 0.232 e. The van der Waals surface area contributed by atoms with Crippen molar-refractivity contribution in [2.24, 2.45) is 0 Å². The Bertz CT molecular complexity index is 1400. The molecule has 0 fully saturated rings. The maximum Gasteiger partial charge on any atom is 0.232 e. The van der Waals surface area contributed by atoms with Crippen molar-refractivity contribution in [2.45, 2.75) is 18.0 Å². The fourth-order valence-corrected chi connectivity index (χ4v) is 5.07. The number of benzene rings is 3. The number of nitrogens with zero attached hydrogens (tertiary/aromatic N) is 4. The minimum Gasteiger partial charge on any atom is -0.493 e. The molecule has 0 spiro atoms.